The van der Waals surface area contributed by atoms with Gasteiger partial charge in [-0.2, -0.15) is 0 Å². The van der Waals surface area contributed by atoms with Crippen LogP contribution in [0, 0.1) is 23.2 Å². The molecule has 0 aromatic rings. The summed E-state index contributed by atoms with van der Waals surface area (Å²) in [6.07, 6.45) is 3.34. The van der Waals surface area contributed by atoms with E-state index in [-0.39, 0.29) is 29.3 Å². The Hall–Kier alpha value is -1.38. The molecule has 0 N–H and O–H groups in total. The molecule has 3 heteroatoms. The second kappa shape index (κ2) is 3.81. The molecule has 0 heterocycles. The monoisotopic (exact) mass is 260 g/mol. The van der Waals surface area contributed by atoms with E-state index in [4.69, 9.17) is 4.74 Å². The van der Waals surface area contributed by atoms with E-state index in [2.05, 4.69) is 19.6 Å². The molecular formula is C16H20O3. The van der Waals surface area contributed by atoms with Crippen molar-refractivity contribution in [3.05, 3.63) is 23.8 Å². The summed E-state index contributed by atoms with van der Waals surface area (Å²) in [7, 11) is 0. The first-order valence-corrected chi connectivity index (χ1v) is 6.97. The average molecular weight is 260 g/mol. The summed E-state index contributed by atoms with van der Waals surface area (Å²) in [5, 5.41) is 0. The summed E-state index contributed by atoms with van der Waals surface area (Å²) in [6, 6.07) is 0. The van der Waals surface area contributed by atoms with Crippen molar-refractivity contribution in [1.29, 1.82) is 0 Å². The molecule has 0 aliphatic heterocycles. The van der Waals surface area contributed by atoms with Crippen molar-refractivity contribution < 1.29 is 14.3 Å². The molecule has 3 aliphatic carbocycles. The Morgan fingerprint density at radius 2 is 2.16 bits per heavy atom. The molecular weight excluding hydrogens is 240 g/mol. The number of rotatable bonds is 2. The van der Waals surface area contributed by atoms with Crippen molar-refractivity contribution in [3.63, 3.8) is 0 Å². The third-order valence-corrected chi connectivity index (χ3v) is 5.08. The summed E-state index contributed by atoms with van der Waals surface area (Å²) in [4.78, 5) is 23.7. The van der Waals surface area contributed by atoms with Gasteiger partial charge in [0.15, 0.2) is 0 Å². The first-order chi connectivity index (χ1) is 8.90. The number of ketones is 1. The lowest BCUT2D eigenvalue weighted by Gasteiger charge is -2.31. The molecule has 3 nitrogen and oxygen atoms in total. The van der Waals surface area contributed by atoms with Crippen LogP contribution < -0.4 is 0 Å². The maximum absolute atomic E-state index is 12.4. The van der Waals surface area contributed by atoms with Crippen LogP contribution >= 0.6 is 0 Å². The molecule has 0 aromatic carbocycles. The number of allylic oxidation sites excluding steroid dienone is 3. The molecule has 0 radical (unpaired) electrons. The second-order valence-electron chi connectivity index (χ2n) is 6.29. The van der Waals surface area contributed by atoms with Gasteiger partial charge >= 0.3 is 5.97 Å². The number of esters is 1. The van der Waals surface area contributed by atoms with Crippen LogP contribution in [0.5, 0.6) is 0 Å². The summed E-state index contributed by atoms with van der Waals surface area (Å²) < 4.78 is 5.49. The molecule has 2 saturated carbocycles. The van der Waals surface area contributed by atoms with Crippen LogP contribution in [0.4, 0.5) is 0 Å². The fourth-order valence-electron chi connectivity index (χ4n) is 4.62. The van der Waals surface area contributed by atoms with Crippen molar-refractivity contribution >= 4 is 11.8 Å². The quantitative estimate of drug-likeness (QED) is 0.566. The number of carbonyl (C=O) groups is 2. The average Bonchev–Trinajstić information content (AvgIpc) is 2.88. The molecule has 0 saturated heterocycles. The van der Waals surface area contributed by atoms with Gasteiger partial charge in [0.05, 0.1) is 5.41 Å². The zero-order chi connectivity index (χ0) is 13.9. The number of Topliss-reactive ketones (excluding diaryl/α,β-unsaturated/α-hetero) is 1. The Morgan fingerprint density at radius 1 is 1.47 bits per heavy atom. The van der Waals surface area contributed by atoms with E-state index < -0.39 is 0 Å². The second-order valence-corrected chi connectivity index (χ2v) is 6.29. The first-order valence-electron chi connectivity index (χ1n) is 6.97. The zero-order valence-corrected chi connectivity index (χ0v) is 11.7. The molecule has 0 aromatic heterocycles. The van der Waals surface area contributed by atoms with Crippen LogP contribution in [0.1, 0.15) is 33.6 Å². The van der Waals surface area contributed by atoms with Crippen molar-refractivity contribution in [2.24, 2.45) is 23.2 Å². The Balaban J connectivity index is 2.01. The number of carbonyl (C=O) groups excluding carboxylic acids is 2. The highest BCUT2D eigenvalue weighted by molar-refractivity contribution is 5.97. The largest absolute Gasteiger partial charge is 0.462 e. The normalized spacial score (nSPS) is 43.1. The van der Waals surface area contributed by atoms with Gasteiger partial charge in [0, 0.05) is 25.2 Å². The van der Waals surface area contributed by atoms with Crippen LogP contribution in [0.25, 0.3) is 0 Å². The lowest BCUT2D eigenvalue weighted by atomic mass is 9.76. The van der Waals surface area contributed by atoms with Gasteiger partial charge < -0.3 is 4.74 Å². The van der Waals surface area contributed by atoms with Gasteiger partial charge in [-0.05, 0) is 19.3 Å². The van der Waals surface area contributed by atoms with Gasteiger partial charge in [0.2, 0.25) is 0 Å². The van der Waals surface area contributed by atoms with Crippen LogP contribution in [0.15, 0.2) is 23.8 Å². The zero-order valence-electron chi connectivity index (χ0n) is 11.7. The van der Waals surface area contributed by atoms with Gasteiger partial charge in [0.1, 0.15) is 11.9 Å². The van der Waals surface area contributed by atoms with Crippen LogP contribution in [0.2, 0.25) is 0 Å². The minimum absolute atomic E-state index is 0.131. The Labute approximate surface area is 113 Å². The lowest BCUT2D eigenvalue weighted by Crippen LogP contribution is -2.34. The highest BCUT2D eigenvalue weighted by Gasteiger charge is 2.76. The maximum atomic E-state index is 12.4. The number of ether oxygens (including phenoxy) is 1. The van der Waals surface area contributed by atoms with E-state index in [1.807, 2.05) is 6.92 Å². The van der Waals surface area contributed by atoms with E-state index in [1.165, 1.54) is 12.5 Å². The minimum Gasteiger partial charge on any atom is -0.462 e. The van der Waals surface area contributed by atoms with E-state index in [0.29, 0.717) is 18.1 Å². The molecule has 2 fully saturated rings. The Bertz CT molecular complexity index is 516. The van der Waals surface area contributed by atoms with E-state index in [1.54, 1.807) is 0 Å². The summed E-state index contributed by atoms with van der Waals surface area (Å²) >= 11 is 0. The predicted octanol–water partition coefficient (Wildman–Crippen LogP) is 2.67. The first kappa shape index (κ1) is 12.6. The van der Waals surface area contributed by atoms with Gasteiger partial charge in [-0.15, -0.1) is 0 Å². The molecule has 5 atom stereocenters. The van der Waals surface area contributed by atoms with Crippen molar-refractivity contribution in [1.82, 2.24) is 0 Å². The summed E-state index contributed by atoms with van der Waals surface area (Å²) in [5.41, 5.74) is 1.94. The van der Waals surface area contributed by atoms with E-state index in [0.717, 1.165) is 12.0 Å². The van der Waals surface area contributed by atoms with Crippen LogP contribution in [0.3, 0.4) is 0 Å². The van der Waals surface area contributed by atoms with E-state index >= 15 is 0 Å². The van der Waals surface area contributed by atoms with Crippen molar-refractivity contribution in [3.8, 4) is 0 Å². The summed E-state index contributed by atoms with van der Waals surface area (Å²) in [5.74, 6) is 0.660. The molecule has 0 amide bonds. The number of hydrogen-bond donors (Lipinski definition) is 0. The third-order valence-electron chi connectivity index (χ3n) is 5.08. The third kappa shape index (κ3) is 1.44. The molecule has 19 heavy (non-hydrogen) atoms. The smallest absolute Gasteiger partial charge is 0.302 e. The standard InChI is InChI=1S/C16H20O3/c1-8(2)14-15-12(19-10(4)17)7-9(3)11-5-6-13(18)16(11,14)15/h5,9,12,14-15H,1,6-7H2,2-4H3/t9-,12+,14+,15-,16-/m0/s1. The Kier molecular flexibility index (Phi) is 2.54. The SMILES string of the molecule is C=C(C)[C@@H]1[C@@H]2[C@H](OC(C)=O)C[C@H](C)C3=CCC(=O)[C@]321. The van der Waals surface area contributed by atoms with Crippen molar-refractivity contribution in [2.45, 2.75) is 39.7 Å². The Morgan fingerprint density at radius 3 is 2.74 bits per heavy atom. The van der Waals surface area contributed by atoms with Gasteiger partial charge in [-0.25, -0.2) is 0 Å². The molecule has 0 unspecified atom stereocenters. The van der Waals surface area contributed by atoms with Crippen LogP contribution in [-0.4, -0.2) is 17.9 Å². The molecule has 1 spiro atoms. The fraction of sp³-hybridized carbons (Fsp3) is 0.625. The fourth-order valence-corrected chi connectivity index (χ4v) is 4.62. The van der Waals surface area contributed by atoms with E-state index in [9.17, 15) is 9.59 Å². The highest BCUT2D eigenvalue weighted by Crippen LogP contribution is 2.74. The van der Waals surface area contributed by atoms with Gasteiger partial charge in [-0.1, -0.05) is 30.7 Å². The maximum Gasteiger partial charge on any atom is 0.302 e. The lowest BCUT2D eigenvalue weighted by molar-refractivity contribution is -0.150. The van der Waals surface area contributed by atoms with Crippen molar-refractivity contribution in [2.75, 3.05) is 0 Å². The number of hydrogen-bond acceptors (Lipinski definition) is 3. The summed E-state index contributed by atoms with van der Waals surface area (Å²) in [6.45, 7) is 9.61. The van der Waals surface area contributed by atoms with Gasteiger partial charge in [-0.3, -0.25) is 9.59 Å². The van der Waals surface area contributed by atoms with Crippen LogP contribution in [-0.2, 0) is 14.3 Å². The minimum atomic E-state index is -0.371. The topological polar surface area (TPSA) is 43.4 Å². The molecule has 3 aliphatic rings. The van der Waals surface area contributed by atoms with Gasteiger partial charge in [0.25, 0.3) is 0 Å². The molecule has 102 valence electrons. The molecule has 0 bridgehead atoms. The highest BCUT2D eigenvalue weighted by atomic mass is 16.5. The predicted molar refractivity (Wildman–Crippen MR) is 71.3 cm³/mol. The molecule has 3 rings (SSSR count).